The van der Waals surface area contributed by atoms with E-state index in [1.165, 1.54) is 44.1 Å². The molecule has 1 aromatic heterocycles. The standard InChI is InChI=1S/C25H32N2O2.C2H2O4/c1-18(22-6-3-2-4-7-22)26-16-24(28)27(17-23-8-5-9-29-23)25-13-19-10-20(14-25)12-21(11-19)15-25;3-1(4)2(5)6/h2-9,18-21,26H,10-17H2,1H3;(H,3,4)(H,5,6). The van der Waals surface area contributed by atoms with Gasteiger partial charge in [-0.2, -0.15) is 0 Å². The van der Waals surface area contributed by atoms with Crippen LogP contribution in [0.1, 0.15) is 62.8 Å². The Balaban J connectivity index is 0.000000431. The van der Waals surface area contributed by atoms with E-state index in [9.17, 15) is 4.79 Å². The summed E-state index contributed by atoms with van der Waals surface area (Å²) in [5.74, 6) is -0.112. The van der Waals surface area contributed by atoms with Gasteiger partial charge in [-0.15, -0.1) is 0 Å². The Kier molecular flexibility index (Phi) is 7.60. The number of hydrogen-bond acceptors (Lipinski definition) is 5. The second-order valence-electron chi connectivity index (χ2n) is 10.3. The van der Waals surface area contributed by atoms with Gasteiger partial charge in [0.15, 0.2) is 0 Å². The van der Waals surface area contributed by atoms with E-state index in [-0.39, 0.29) is 17.5 Å². The highest BCUT2D eigenvalue weighted by molar-refractivity contribution is 6.27. The fraction of sp³-hybridized carbons (Fsp3) is 0.519. The molecule has 2 aromatic rings. The van der Waals surface area contributed by atoms with Crippen molar-refractivity contribution in [1.29, 1.82) is 0 Å². The van der Waals surface area contributed by atoms with Crippen LogP contribution in [0.2, 0.25) is 0 Å². The molecule has 4 aliphatic rings. The number of furan rings is 1. The van der Waals surface area contributed by atoms with E-state index in [1.807, 2.05) is 30.3 Å². The molecule has 1 unspecified atom stereocenters. The Bertz CT molecular complexity index is 972. The first kappa shape index (κ1) is 25.0. The Morgan fingerprint density at radius 2 is 1.54 bits per heavy atom. The Hall–Kier alpha value is -3.13. The lowest BCUT2D eigenvalue weighted by molar-refractivity contribution is -0.159. The molecule has 4 aliphatic carbocycles. The summed E-state index contributed by atoms with van der Waals surface area (Å²) >= 11 is 0. The van der Waals surface area contributed by atoms with Crippen molar-refractivity contribution >= 4 is 17.8 Å². The quantitative estimate of drug-likeness (QED) is 0.509. The molecule has 0 saturated heterocycles. The number of carbonyl (C=O) groups is 3. The van der Waals surface area contributed by atoms with Crippen LogP contribution in [0.4, 0.5) is 0 Å². The number of carbonyl (C=O) groups excluding carboxylic acids is 1. The number of rotatable bonds is 7. The highest BCUT2D eigenvalue weighted by Gasteiger charge is 2.54. The predicted molar refractivity (Wildman–Crippen MR) is 128 cm³/mol. The molecular weight excluding hydrogens is 448 g/mol. The normalized spacial score (nSPS) is 26.9. The van der Waals surface area contributed by atoms with E-state index >= 15 is 0 Å². The third-order valence-electron chi connectivity index (χ3n) is 7.82. The summed E-state index contributed by atoms with van der Waals surface area (Å²) in [6.07, 6.45) is 9.40. The van der Waals surface area contributed by atoms with E-state index in [4.69, 9.17) is 24.2 Å². The highest BCUT2D eigenvalue weighted by atomic mass is 16.4. The van der Waals surface area contributed by atoms with Gasteiger partial charge in [-0.3, -0.25) is 4.79 Å². The number of nitrogens with one attached hydrogen (secondary N) is 1. The zero-order valence-electron chi connectivity index (χ0n) is 20.1. The minimum Gasteiger partial charge on any atom is -0.473 e. The first-order valence-corrected chi connectivity index (χ1v) is 12.3. The van der Waals surface area contributed by atoms with Gasteiger partial charge in [0.2, 0.25) is 5.91 Å². The summed E-state index contributed by atoms with van der Waals surface area (Å²) < 4.78 is 5.66. The molecule has 1 atom stereocenters. The number of hydrogen-bond donors (Lipinski definition) is 3. The number of amides is 1. The molecular formula is C27H34N2O6. The zero-order chi connectivity index (χ0) is 25.0. The molecule has 8 nitrogen and oxygen atoms in total. The maximum Gasteiger partial charge on any atom is 0.414 e. The largest absolute Gasteiger partial charge is 0.473 e. The first-order chi connectivity index (χ1) is 16.8. The molecule has 8 heteroatoms. The van der Waals surface area contributed by atoms with Gasteiger partial charge < -0.3 is 24.8 Å². The third-order valence-corrected chi connectivity index (χ3v) is 7.82. The van der Waals surface area contributed by atoms with Crippen LogP contribution in [-0.2, 0) is 20.9 Å². The van der Waals surface area contributed by atoms with Crippen molar-refractivity contribution in [2.45, 2.75) is 63.6 Å². The van der Waals surface area contributed by atoms with Gasteiger partial charge in [-0.1, -0.05) is 30.3 Å². The SMILES string of the molecule is CC(NCC(=O)N(Cc1ccco1)C12CC3CC(CC(C3)C1)C2)c1ccccc1.O=C(O)C(=O)O. The van der Waals surface area contributed by atoms with E-state index in [1.54, 1.807) is 6.26 Å². The summed E-state index contributed by atoms with van der Waals surface area (Å²) in [7, 11) is 0. The van der Waals surface area contributed by atoms with Crippen molar-refractivity contribution in [3.8, 4) is 0 Å². The van der Waals surface area contributed by atoms with Crippen LogP contribution in [0.3, 0.4) is 0 Å². The van der Waals surface area contributed by atoms with Gasteiger partial charge in [0.05, 0.1) is 19.4 Å². The summed E-state index contributed by atoms with van der Waals surface area (Å²) in [5, 5.41) is 18.3. The topological polar surface area (TPSA) is 120 Å². The number of nitrogens with zero attached hydrogens (tertiary/aromatic N) is 1. The first-order valence-electron chi connectivity index (χ1n) is 12.3. The molecule has 4 fully saturated rings. The second kappa shape index (κ2) is 10.6. The van der Waals surface area contributed by atoms with E-state index in [0.29, 0.717) is 13.1 Å². The monoisotopic (exact) mass is 482 g/mol. The maximum atomic E-state index is 13.5. The zero-order valence-corrected chi connectivity index (χ0v) is 20.1. The second-order valence-corrected chi connectivity index (χ2v) is 10.3. The predicted octanol–water partition coefficient (Wildman–Crippen LogP) is 4.08. The molecule has 0 aliphatic heterocycles. The van der Waals surface area contributed by atoms with Crippen molar-refractivity contribution in [1.82, 2.24) is 10.2 Å². The van der Waals surface area contributed by atoms with Crippen LogP contribution in [0.5, 0.6) is 0 Å². The van der Waals surface area contributed by atoms with Gasteiger partial charge in [-0.25, -0.2) is 9.59 Å². The van der Waals surface area contributed by atoms with Gasteiger partial charge in [0.1, 0.15) is 5.76 Å². The van der Waals surface area contributed by atoms with Crippen molar-refractivity contribution in [2.75, 3.05) is 6.54 Å². The number of aliphatic carboxylic acids is 2. The van der Waals surface area contributed by atoms with E-state index in [2.05, 4.69) is 29.3 Å². The number of benzene rings is 1. The molecule has 3 N–H and O–H groups in total. The molecule has 1 heterocycles. The number of carboxylic acids is 2. The average Bonchev–Trinajstić information content (AvgIpc) is 3.34. The van der Waals surface area contributed by atoms with Crippen molar-refractivity contribution in [3.05, 3.63) is 60.1 Å². The van der Waals surface area contributed by atoms with Crippen LogP contribution in [0.15, 0.2) is 53.1 Å². The Morgan fingerprint density at radius 1 is 0.971 bits per heavy atom. The van der Waals surface area contributed by atoms with Crippen molar-refractivity contribution in [3.63, 3.8) is 0 Å². The fourth-order valence-electron chi connectivity index (χ4n) is 6.67. The molecule has 1 amide bonds. The average molecular weight is 483 g/mol. The Morgan fingerprint density at radius 3 is 2.03 bits per heavy atom. The van der Waals surface area contributed by atoms with Crippen molar-refractivity contribution in [2.24, 2.45) is 17.8 Å². The summed E-state index contributed by atoms with van der Waals surface area (Å²) in [6.45, 7) is 3.10. The van der Waals surface area contributed by atoms with Crippen molar-refractivity contribution < 1.29 is 29.0 Å². The molecule has 188 valence electrons. The molecule has 1 aromatic carbocycles. The fourth-order valence-corrected chi connectivity index (χ4v) is 6.67. The van der Waals surface area contributed by atoms with Gasteiger partial charge >= 0.3 is 11.9 Å². The molecule has 35 heavy (non-hydrogen) atoms. The number of carboxylic acid groups (broad SMARTS) is 2. The van der Waals surface area contributed by atoms with Crippen LogP contribution in [0, 0.1) is 17.8 Å². The van der Waals surface area contributed by atoms with Crippen LogP contribution < -0.4 is 5.32 Å². The minimum atomic E-state index is -1.82. The lowest BCUT2D eigenvalue weighted by atomic mass is 9.52. The Labute approximate surface area is 205 Å². The molecule has 0 radical (unpaired) electrons. The molecule has 0 spiro atoms. The van der Waals surface area contributed by atoms with Crippen LogP contribution >= 0.6 is 0 Å². The molecule has 6 rings (SSSR count). The highest BCUT2D eigenvalue weighted by Crippen LogP contribution is 2.58. The van der Waals surface area contributed by atoms with Gasteiger partial charge in [0, 0.05) is 11.6 Å². The van der Waals surface area contributed by atoms with Crippen LogP contribution in [0.25, 0.3) is 0 Å². The van der Waals surface area contributed by atoms with Crippen LogP contribution in [-0.4, -0.2) is 45.0 Å². The molecule has 4 saturated carbocycles. The summed E-state index contributed by atoms with van der Waals surface area (Å²) in [5.41, 5.74) is 1.25. The summed E-state index contributed by atoms with van der Waals surface area (Å²) in [6, 6.07) is 14.4. The smallest absolute Gasteiger partial charge is 0.414 e. The van der Waals surface area contributed by atoms with Gasteiger partial charge in [-0.05, 0) is 80.9 Å². The lowest BCUT2D eigenvalue weighted by Crippen LogP contribution is -2.62. The van der Waals surface area contributed by atoms with E-state index < -0.39 is 11.9 Å². The molecule has 4 bridgehead atoms. The van der Waals surface area contributed by atoms with Gasteiger partial charge in [0.25, 0.3) is 0 Å². The summed E-state index contributed by atoms with van der Waals surface area (Å²) in [4.78, 5) is 33.9. The lowest BCUT2D eigenvalue weighted by Gasteiger charge is -2.60. The maximum absolute atomic E-state index is 13.5. The van der Waals surface area contributed by atoms with E-state index in [0.717, 1.165) is 23.5 Å². The third kappa shape index (κ3) is 5.93. The minimum absolute atomic E-state index is 0.0380.